The van der Waals surface area contributed by atoms with Crippen molar-refractivity contribution in [1.82, 2.24) is 0 Å². The minimum absolute atomic E-state index is 0.0618. The molecule has 0 aliphatic carbocycles. The summed E-state index contributed by atoms with van der Waals surface area (Å²) in [5.74, 6) is -1.55. The Morgan fingerprint density at radius 1 is 1.10 bits per heavy atom. The number of hydrogen-bond donors (Lipinski definition) is 2. The molecule has 4 nitrogen and oxygen atoms in total. The first-order chi connectivity index (χ1) is 10.0. The van der Waals surface area contributed by atoms with Crippen molar-refractivity contribution in [3.05, 3.63) is 59.2 Å². The molecule has 0 bridgehead atoms. The highest BCUT2D eigenvalue weighted by Gasteiger charge is 2.15. The highest BCUT2D eigenvalue weighted by Crippen LogP contribution is 2.18. The Balaban J connectivity index is 2.17. The molecule has 0 heterocycles. The maximum Gasteiger partial charge on any atom is 0.488 e. The van der Waals surface area contributed by atoms with E-state index in [9.17, 15) is 8.78 Å². The second-order valence-corrected chi connectivity index (χ2v) is 4.27. The topological polar surface area (TPSA) is 73.5 Å². The third-order valence-corrected chi connectivity index (χ3v) is 2.82. The van der Waals surface area contributed by atoms with Crippen molar-refractivity contribution in [3.8, 4) is 11.8 Å². The van der Waals surface area contributed by atoms with Gasteiger partial charge in [-0.2, -0.15) is 5.26 Å². The maximum atomic E-state index is 13.6. The van der Waals surface area contributed by atoms with E-state index in [-0.39, 0.29) is 28.9 Å². The molecule has 21 heavy (non-hydrogen) atoms. The fourth-order valence-electron chi connectivity index (χ4n) is 1.68. The van der Waals surface area contributed by atoms with Crippen LogP contribution in [0.5, 0.6) is 5.75 Å². The zero-order valence-electron chi connectivity index (χ0n) is 10.8. The summed E-state index contributed by atoms with van der Waals surface area (Å²) >= 11 is 0. The number of nitrogens with zero attached hydrogens (tertiary/aromatic N) is 1. The molecule has 0 aliphatic rings. The lowest BCUT2D eigenvalue weighted by Gasteiger charge is -2.10. The van der Waals surface area contributed by atoms with E-state index in [1.807, 2.05) is 0 Å². The highest BCUT2D eigenvalue weighted by atomic mass is 19.1. The molecule has 0 aliphatic heterocycles. The molecule has 0 unspecified atom stereocenters. The van der Waals surface area contributed by atoms with Gasteiger partial charge in [0.15, 0.2) is 11.6 Å². The highest BCUT2D eigenvalue weighted by molar-refractivity contribution is 6.58. The summed E-state index contributed by atoms with van der Waals surface area (Å²) in [5.41, 5.74) is 0.392. The molecule has 2 aromatic carbocycles. The van der Waals surface area contributed by atoms with Gasteiger partial charge in [-0.05, 0) is 29.7 Å². The molecular formula is C14H10BF2NO3. The van der Waals surface area contributed by atoms with Crippen molar-refractivity contribution >= 4 is 12.6 Å². The lowest BCUT2D eigenvalue weighted by molar-refractivity contribution is 0.285. The zero-order valence-corrected chi connectivity index (χ0v) is 10.8. The van der Waals surface area contributed by atoms with E-state index >= 15 is 0 Å². The summed E-state index contributed by atoms with van der Waals surface area (Å²) in [6, 6.07) is 9.01. The summed E-state index contributed by atoms with van der Waals surface area (Å²) in [4.78, 5) is 0. The Kier molecular flexibility index (Phi) is 4.53. The maximum absolute atomic E-state index is 13.6. The Hall–Kier alpha value is -2.43. The molecule has 0 saturated heterocycles. The van der Waals surface area contributed by atoms with Gasteiger partial charge in [0.2, 0.25) is 0 Å². The summed E-state index contributed by atoms with van der Waals surface area (Å²) < 4.78 is 32.3. The molecule has 0 radical (unpaired) electrons. The lowest BCUT2D eigenvalue weighted by Crippen LogP contribution is -2.29. The average Bonchev–Trinajstić information content (AvgIpc) is 2.47. The normalized spacial score (nSPS) is 10.0. The number of halogens is 2. The second kappa shape index (κ2) is 6.35. The molecule has 7 heteroatoms. The van der Waals surface area contributed by atoms with Crippen LogP contribution in [0.3, 0.4) is 0 Å². The third-order valence-electron chi connectivity index (χ3n) is 2.82. The summed E-state index contributed by atoms with van der Waals surface area (Å²) in [6.45, 7) is -0.251. The molecule has 0 atom stereocenters. The van der Waals surface area contributed by atoms with Gasteiger partial charge in [0.25, 0.3) is 0 Å². The monoisotopic (exact) mass is 289 g/mol. The minimum Gasteiger partial charge on any atom is -0.486 e. The van der Waals surface area contributed by atoms with E-state index < -0.39 is 18.8 Å². The molecule has 0 spiro atoms. The number of nitriles is 1. The lowest BCUT2D eigenvalue weighted by atomic mass is 9.80. The number of hydrogen-bond acceptors (Lipinski definition) is 4. The van der Waals surface area contributed by atoms with E-state index in [0.717, 1.165) is 18.2 Å². The van der Waals surface area contributed by atoms with Crippen LogP contribution in [0, 0.1) is 23.0 Å². The van der Waals surface area contributed by atoms with E-state index in [2.05, 4.69) is 0 Å². The van der Waals surface area contributed by atoms with Crippen molar-refractivity contribution < 1.29 is 23.6 Å². The predicted octanol–water partition coefficient (Wildman–Crippen LogP) is 1.10. The summed E-state index contributed by atoms with van der Waals surface area (Å²) in [6.07, 6.45) is 0. The van der Waals surface area contributed by atoms with Crippen LogP contribution >= 0.6 is 0 Å². The van der Waals surface area contributed by atoms with Crippen LogP contribution in [0.4, 0.5) is 8.78 Å². The van der Waals surface area contributed by atoms with Crippen LogP contribution in [-0.4, -0.2) is 17.2 Å². The van der Waals surface area contributed by atoms with Gasteiger partial charge in [0, 0.05) is 5.56 Å². The molecule has 106 valence electrons. The quantitative estimate of drug-likeness (QED) is 0.826. The Morgan fingerprint density at radius 2 is 1.86 bits per heavy atom. The molecule has 0 saturated carbocycles. The van der Waals surface area contributed by atoms with Gasteiger partial charge in [-0.3, -0.25) is 0 Å². The fraction of sp³-hybridized carbons (Fsp3) is 0.0714. The fourth-order valence-corrected chi connectivity index (χ4v) is 1.68. The Bertz CT molecular complexity index is 701. The first kappa shape index (κ1) is 15.0. The second-order valence-electron chi connectivity index (χ2n) is 4.27. The van der Waals surface area contributed by atoms with E-state index in [1.165, 1.54) is 18.2 Å². The number of ether oxygens (including phenoxy) is 1. The molecule has 2 N–H and O–H groups in total. The van der Waals surface area contributed by atoms with Gasteiger partial charge in [-0.15, -0.1) is 0 Å². The van der Waals surface area contributed by atoms with Gasteiger partial charge in [-0.1, -0.05) is 12.1 Å². The zero-order chi connectivity index (χ0) is 15.4. The van der Waals surface area contributed by atoms with Crippen molar-refractivity contribution in [3.63, 3.8) is 0 Å². The van der Waals surface area contributed by atoms with Crippen molar-refractivity contribution in [1.29, 1.82) is 5.26 Å². The molecule has 0 aromatic heterocycles. The first-order valence-corrected chi connectivity index (χ1v) is 5.98. The van der Waals surface area contributed by atoms with Crippen LogP contribution in [0.2, 0.25) is 0 Å². The molecular weight excluding hydrogens is 279 g/mol. The molecule has 2 aromatic rings. The minimum atomic E-state index is -1.75. The van der Waals surface area contributed by atoms with E-state index in [4.69, 9.17) is 20.0 Å². The Morgan fingerprint density at radius 3 is 2.48 bits per heavy atom. The average molecular weight is 289 g/mol. The van der Waals surface area contributed by atoms with Crippen molar-refractivity contribution in [2.24, 2.45) is 0 Å². The first-order valence-electron chi connectivity index (χ1n) is 5.98. The van der Waals surface area contributed by atoms with Gasteiger partial charge >= 0.3 is 7.12 Å². The third kappa shape index (κ3) is 3.57. The van der Waals surface area contributed by atoms with Gasteiger partial charge in [-0.25, -0.2) is 8.78 Å². The van der Waals surface area contributed by atoms with E-state index in [0.29, 0.717) is 0 Å². The van der Waals surface area contributed by atoms with E-state index in [1.54, 1.807) is 6.07 Å². The van der Waals surface area contributed by atoms with Crippen LogP contribution in [0.15, 0.2) is 36.4 Å². The van der Waals surface area contributed by atoms with Crippen molar-refractivity contribution in [2.75, 3.05) is 0 Å². The predicted molar refractivity (Wildman–Crippen MR) is 71.7 cm³/mol. The largest absolute Gasteiger partial charge is 0.488 e. The number of benzene rings is 2. The standard InChI is InChI=1S/C14H10BF2NO3/c16-12-4-3-11(15(19)20)6-14(12)21-8-10-2-1-9(7-18)5-13(10)17/h1-6,19-20H,8H2. The Labute approximate surface area is 120 Å². The molecule has 0 amide bonds. The molecule has 2 rings (SSSR count). The van der Waals surface area contributed by atoms with Gasteiger partial charge < -0.3 is 14.8 Å². The molecule has 0 fully saturated rings. The van der Waals surface area contributed by atoms with Crippen LogP contribution in [-0.2, 0) is 6.61 Å². The smallest absolute Gasteiger partial charge is 0.486 e. The van der Waals surface area contributed by atoms with Gasteiger partial charge in [0.1, 0.15) is 12.4 Å². The van der Waals surface area contributed by atoms with Crippen molar-refractivity contribution in [2.45, 2.75) is 6.61 Å². The van der Waals surface area contributed by atoms with Gasteiger partial charge in [0.05, 0.1) is 11.6 Å². The SMILES string of the molecule is N#Cc1ccc(COc2cc(B(O)O)ccc2F)c(F)c1. The summed E-state index contributed by atoms with van der Waals surface area (Å²) in [7, 11) is -1.75. The van der Waals surface area contributed by atoms with Crippen LogP contribution in [0.25, 0.3) is 0 Å². The van der Waals surface area contributed by atoms with Crippen LogP contribution in [0.1, 0.15) is 11.1 Å². The van der Waals surface area contributed by atoms with Crippen LogP contribution < -0.4 is 10.2 Å². The summed E-state index contributed by atoms with van der Waals surface area (Å²) in [5, 5.41) is 26.7. The number of rotatable bonds is 4.